The number of carbonyl (C=O) groups is 1. The number of ether oxygens (including phenoxy) is 1. The van der Waals surface area contributed by atoms with Gasteiger partial charge < -0.3 is 10.5 Å². The first-order chi connectivity index (χ1) is 8.63. The molecule has 5 heteroatoms. The van der Waals surface area contributed by atoms with Crippen LogP contribution in [0.1, 0.15) is 28.9 Å². The van der Waals surface area contributed by atoms with Crippen LogP contribution in [0, 0.1) is 0 Å². The van der Waals surface area contributed by atoms with E-state index in [4.69, 9.17) is 10.5 Å². The molecule has 0 radical (unpaired) electrons. The summed E-state index contributed by atoms with van der Waals surface area (Å²) in [6.45, 7) is 1.99. The van der Waals surface area contributed by atoms with Gasteiger partial charge in [-0.05, 0) is 12.5 Å². The number of carbonyl (C=O) groups excluding carboxylic acids is 1. The maximum absolute atomic E-state index is 11.2. The molecule has 1 aromatic heterocycles. The van der Waals surface area contributed by atoms with Gasteiger partial charge >= 0.3 is 0 Å². The van der Waals surface area contributed by atoms with E-state index in [1.54, 1.807) is 10.9 Å². The molecule has 2 aromatic rings. The lowest BCUT2D eigenvalue weighted by molar-refractivity contribution is 0.0997. The molecule has 0 bridgehead atoms. The van der Waals surface area contributed by atoms with Gasteiger partial charge in [-0.2, -0.15) is 0 Å². The number of hydrogen-bond acceptors (Lipinski definition) is 3. The Labute approximate surface area is 105 Å². The number of amides is 1. The highest BCUT2D eigenvalue weighted by atomic mass is 16.5. The van der Waals surface area contributed by atoms with Gasteiger partial charge in [0.25, 0.3) is 5.91 Å². The number of rotatable bonds is 4. The van der Waals surface area contributed by atoms with E-state index in [9.17, 15) is 4.79 Å². The zero-order chi connectivity index (χ0) is 13.1. The molecular weight excluding hydrogens is 230 g/mol. The predicted molar refractivity (Wildman–Crippen MR) is 67.6 cm³/mol. The summed E-state index contributed by atoms with van der Waals surface area (Å²) >= 11 is 0. The van der Waals surface area contributed by atoms with Crippen molar-refractivity contribution >= 4 is 5.91 Å². The first-order valence-electron chi connectivity index (χ1n) is 5.61. The van der Waals surface area contributed by atoms with E-state index in [1.807, 2.05) is 37.3 Å². The Balaban J connectivity index is 2.37. The Morgan fingerprint density at radius 1 is 1.39 bits per heavy atom. The molecule has 1 heterocycles. The molecule has 0 spiro atoms. The molecule has 1 amide bonds. The number of aromatic nitrogens is 2. The number of nitrogens with two attached hydrogens (primary N) is 1. The van der Waals surface area contributed by atoms with Gasteiger partial charge in [0.15, 0.2) is 0 Å². The van der Waals surface area contributed by atoms with Crippen molar-refractivity contribution in [2.24, 2.45) is 5.73 Å². The number of primary amides is 1. The van der Waals surface area contributed by atoms with Crippen LogP contribution in [-0.2, 0) is 0 Å². The van der Waals surface area contributed by atoms with E-state index in [-0.39, 0.29) is 11.9 Å². The molecular formula is C13H15N3O2. The molecule has 2 rings (SSSR count). The second-order valence-electron chi connectivity index (χ2n) is 3.98. The lowest BCUT2D eigenvalue weighted by Gasteiger charge is -2.11. The van der Waals surface area contributed by atoms with E-state index in [0.717, 1.165) is 5.56 Å². The Hall–Kier alpha value is -2.30. The minimum Gasteiger partial charge on any atom is -0.479 e. The van der Waals surface area contributed by atoms with Crippen LogP contribution in [0.4, 0.5) is 0 Å². The summed E-state index contributed by atoms with van der Waals surface area (Å²) in [6.07, 6.45) is 1.61. The van der Waals surface area contributed by atoms with E-state index in [1.165, 1.54) is 7.11 Å². The molecule has 1 unspecified atom stereocenters. The fourth-order valence-electron chi connectivity index (χ4n) is 1.78. The van der Waals surface area contributed by atoms with Crippen LogP contribution >= 0.6 is 0 Å². The quantitative estimate of drug-likeness (QED) is 0.889. The lowest BCUT2D eigenvalue weighted by Crippen LogP contribution is -2.11. The molecule has 0 saturated carbocycles. The summed E-state index contributed by atoms with van der Waals surface area (Å²) in [5, 5.41) is 4.22. The topological polar surface area (TPSA) is 70.1 Å². The average molecular weight is 245 g/mol. The maximum atomic E-state index is 11.2. The largest absolute Gasteiger partial charge is 0.479 e. The summed E-state index contributed by atoms with van der Waals surface area (Å²) in [6, 6.07) is 9.89. The fraction of sp³-hybridized carbons (Fsp3) is 0.231. The van der Waals surface area contributed by atoms with E-state index >= 15 is 0 Å². The van der Waals surface area contributed by atoms with Crippen molar-refractivity contribution in [3.8, 4) is 5.88 Å². The van der Waals surface area contributed by atoms with E-state index in [0.29, 0.717) is 5.56 Å². The summed E-state index contributed by atoms with van der Waals surface area (Å²) in [7, 11) is 1.46. The maximum Gasteiger partial charge on any atom is 0.255 e. The van der Waals surface area contributed by atoms with Crippen molar-refractivity contribution in [1.29, 1.82) is 0 Å². The Morgan fingerprint density at radius 3 is 2.56 bits per heavy atom. The highest BCUT2D eigenvalue weighted by molar-refractivity contribution is 5.94. The number of benzene rings is 1. The van der Waals surface area contributed by atoms with Gasteiger partial charge in [-0.1, -0.05) is 30.3 Å². The van der Waals surface area contributed by atoms with Crippen LogP contribution in [0.15, 0.2) is 36.5 Å². The molecule has 94 valence electrons. The highest BCUT2D eigenvalue weighted by Gasteiger charge is 2.17. The third-order valence-electron chi connectivity index (χ3n) is 2.84. The summed E-state index contributed by atoms with van der Waals surface area (Å²) in [5.41, 5.74) is 6.66. The van der Waals surface area contributed by atoms with Gasteiger partial charge in [0, 0.05) is 6.20 Å². The van der Waals surface area contributed by atoms with Crippen LogP contribution < -0.4 is 10.5 Å². The van der Waals surface area contributed by atoms with E-state index < -0.39 is 5.91 Å². The molecule has 0 saturated heterocycles. The summed E-state index contributed by atoms with van der Waals surface area (Å²) in [4.78, 5) is 11.2. The Bertz CT molecular complexity index is 549. The zero-order valence-electron chi connectivity index (χ0n) is 10.3. The first-order valence-corrected chi connectivity index (χ1v) is 5.61. The third kappa shape index (κ3) is 2.20. The van der Waals surface area contributed by atoms with Crippen LogP contribution in [0.25, 0.3) is 0 Å². The van der Waals surface area contributed by atoms with Crippen molar-refractivity contribution < 1.29 is 9.53 Å². The number of hydrogen-bond donors (Lipinski definition) is 1. The van der Waals surface area contributed by atoms with E-state index in [2.05, 4.69) is 5.10 Å². The average Bonchev–Trinajstić information content (AvgIpc) is 2.83. The molecule has 5 nitrogen and oxygen atoms in total. The second-order valence-corrected chi connectivity index (χ2v) is 3.98. The molecule has 18 heavy (non-hydrogen) atoms. The van der Waals surface area contributed by atoms with Gasteiger partial charge in [0.2, 0.25) is 5.88 Å². The third-order valence-corrected chi connectivity index (χ3v) is 2.84. The van der Waals surface area contributed by atoms with Crippen LogP contribution in [0.3, 0.4) is 0 Å². The molecule has 2 N–H and O–H groups in total. The van der Waals surface area contributed by atoms with Gasteiger partial charge in [-0.15, -0.1) is 5.10 Å². The van der Waals surface area contributed by atoms with Crippen LogP contribution in [0.2, 0.25) is 0 Å². The van der Waals surface area contributed by atoms with Crippen molar-refractivity contribution in [3.05, 3.63) is 47.7 Å². The van der Waals surface area contributed by atoms with Gasteiger partial charge in [-0.3, -0.25) is 9.48 Å². The molecule has 1 atom stereocenters. The van der Waals surface area contributed by atoms with Crippen molar-refractivity contribution in [3.63, 3.8) is 0 Å². The second kappa shape index (κ2) is 4.91. The SMILES string of the molecule is COc1nn(C(C)c2ccccc2)cc1C(N)=O. The number of methoxy groups -OCH3 is 1. The standard InChI is InChI=1S/C13H15N3O2/c1-9(10-6-4-3-5-7-10)16-8-11(12(14)17)13(15-16)18-2/h3-9H,1-2H3,(H2,14,17). The van der Waals surface area contributed by atoms with Gasteiger partial charge in [0.1, 0.15) is 5.56 Å². The Kier molecular flexibility index (Phi) is 3.32. The minimum atomic E-state index is -0.543. The van der Waals surface area contributed by atoms with Gasteiger partial charge in [-0.25, -0.2) is 0 Å². The smallest absolute Gasteiger partial charge is 0.255 e. The van der Waals surface area contributed by atoms with Crippen molar-refractivity contribution in [1.82, 2.24) is 9.78 Å². The Morgan fingerprint density at radius 2 is 2.06 bits per heavy atom. The van der Waals surface area contributed by atoms with Crippen molar-refractivity contribution in [2.45, 2.75) is 13.0 Å². The minimum absolute atomic E-state index is 0.00759. The molecule has 0 aliphatic carbocycles. The lowest BCUT2D eigenvalue weighted by atomic mass is 10.1. The summed E-state index contributed by atoms with van der Waals surface area (Å²) in [5.74, 6) is -0.288. The van der Waals surface area contributed by atoms with Gasteiger partial charge in [0.05, 0.1) is 13.2 Å². The van der Waals surface area contributed by atoms with Crippen molar-refractivity contribution in [2.75, 3.05) is 7.11 Å². The molecule has 1 aromatic carbocycles. The summed E-state index contributed by atoms with van der Waals surface area (Å²) < 4.78 is 6.72. The molecule has 0 fully saturated rings. The molecule has 0 aliphatic heterocycles. The normalized spacial score (nSPS) is 12.1. The fourth-order valence-corrected chi connectivity index (χ4v) is 1.78. The molecule has 0 aliphatic rings. The van der Waals surface area contributed by atoms with Crippen LogP contribution in [-0.4, -0.2) is 22.8 Å². The predicted octanol–water partition coefficient (Wildman–Crippen LogP) is 1.60. The highest BCUT2D eigenvalue weighted by Crippen LogP contribution is 2.22. The monoisotopic (exact) mass is 245 g/mol. The first kappa shape index (κ1) is 12.2. The zero-order valence-corrected chi connectivity index (χ0v) is 10.3. The number of nitrogens with zero attached hydrogens (tertiary/aromatic N) is 2. The van der Waals surface area contributed by atoms with Crippen LogP contribution in [0.5, 0.6) is 5.88 Å².